The van der Waals surface area contributed by atoms with Crippen LogP contribution in [-0.4, -0.2) is 29.0 Å². The van der Waals surface area contributed by atoms with Gasteiger partial charge in [-0.15, -0.1) is 0 Å². The van der Waals surface area contributed by atoms with Crippen LogP contribution in [0, 0.1) is 0 Å². The quantitative estimate of drug-likeness (QED) is 0.699. The molecular weight excluding hydrogens is 322 g/mol. The van der Waals surface area contributed by atoms with Crippen molar-refractivity contribution in [1.29, 1.82) is 0 Å². The Morgan fingerprint density at radius 1 is 1.35 bits per heavy atom. The van der Waals surface area contributed by atoms with Crippen LogP contribution >= 0.6 is 11.6 Å². The highest BCUT2D eigenvalue weighted by atomic mass is 35.5. The summed E-state index contributed by atoms with van der Waals surface area (Å²) in [6.07, 6.45) is 1.04. The Bertz CT molecular complexity index is 908. The number of ether oxygens (including phenoxy) is 1. The largest absolute Gasteiger partial charge is 0.493 e. The third-order valence-corrected chi connectivity index (χ3v) is 3.71. The van der Waals surface area contributed by atoms with E-state index in [1.807, 2.05) is 0 Å². The highest BCUT2D eigenvalue weighted by Crippen LogP contribution is 2.30. The molecule has 0 aliphatic heterocycles. The number of H-pyrrole nitrogens is 1. The van der Waals surface area contributed by atoms with Crippen molar-refractivity contribution in [3.05, 3.63) is 52.6 Å². The number of aromatic amines is 1. The van der Waals surface area contributed by atoms with Gasteiger partial charge in [0, 0.05) is 27.6 Å². The fourth-order valence-corrected chi connectivity index (χ4v) is 2.67. The topological polar surface area (TPSA) is 92.5 Å². The van der Waals surface area contributed by atoms with E-state index in [1.54, 1.807) is 18.2 Å². The van der Waals surface area contributed by atoms with Gasteiger partial charge in [-0.25, -0.2) is 0 Å². The summed E-state index contributed by atoms with van der Waals surface area (Å²) in [7, 11) is 1.42. The van der Waals surface area contributed by atoms with Gasteiger partial charge in [0.05, 0.1) is 25.5 Å². The van der Waals surface area contributed by atoms with Gasteiger partial charge < -0.3 is 19.2 Å². The van der Waals surface area contributed by atoms with Crippen molar-refractivity contribution < 1.29 is 23.8 Å². The van der Waals surface area contributed by atoms with Gasteiger partial charge in [0.2, 0.25) is 11.5 Å². The second-order valence-corrected chi connectivity index (χ2v) is 5.32. The van der Waals surface area contributed by atoms with Gasteiger partial charge >= 0.3 is 5.97 Å². The van der Waals surface area contributed by atoms with Crippen molar-refractivity contribution in [2.45, 2.75) is 6.42 Å². The predicted molar refractivity (Wildman–Crippen MR) is 83.3 cm³/mol. The summed E-state index contributed by atoms with van der Waals surface area (Å²) in [6, 6.07) is 6.48. The molecule has 0 unspecified atom stereocenters. The Kier molecular flexibility index (Phi) is 3.83. The van der Waals surface area contributed by atoms with Crippen molar-refractivity contribution in [1.82, 2.24) is 4.98 Å². The van der Waals surface area contributed by atoms with Crippen LogP contribution < -0.4 is 4.74 Å². The van der Waals surface area contributed by atoms with Crippen molar-refractivity contribution in [2.75, 3.05) is 7.11 Å². The summed E-state index contributed by atoms with van der Waals surface area (Å²) < 4.78 is 10.3. The van der Waals surface area contributed by atoms with E-state index in [0.29, 0.717) is 21.5 Å². The molecule has 2 heterocycles. The minimum Gasteiger partial charge on any atom is -0.493 e. The number of carboxylic acid groups (broad SMARTS) is 1. The number of hydrogen-bond acceptors (Lipinski definition) is 4. The zero-order chi connectivity index (χ0) is 16.6. The number of hydrogen-bond donors (Lipinski definition) is 2. The SMILES string of the molecule is COc1ccoc1C(=O)c1[nH]c2cc(Cl)ccc2c1CC(=O)O. The van der Waals surface area contributed by atoms with Crippen LogP contribution in [-0.2, 0) is 11.2 Å². The first-order valence-corrected chi connectivity index (χ1v) is 7.07. The number of carboxylic acids is 1. The van der Waals surface area contributed by atoms with Crippen LogP contribution in [0.3, 0.4) is 0 Å². The highest BCUT2D eigenvalue weighted by molar-refractivity contribution is 6.31. The highest BCUT2D eigenvalue weighted by Gasteiger charge is 2.25. The number of aliphatic carboxylic acids is 1. The Hall–Kier alpha value is -2.73. The lowest BCUT2D eigenvalue weighted by Crippen LogP contribution is -2.09. The summed E-state index contributed by atoms with van der Waals surface area (Å²) in [4.78, 5) is 26.8. The Morgan fingerprint density at radius 3 is 2.83 bits per heavy atom. The second kappa shape index (κ2) is 5.81. The molecule has 0 spiro atoms. The number of fused-ring (bicyclic) bond motifs is 1. The summed E-state index contributed by atoms with van der Waals surface area (Å²) in [5, 5.41) is 10.2. The molecule has 0 aliphatic rings. The molecule has 0 atom stereocenters. The molecule has 6 nitrogen and oxygen atoms in total. The minimum absolute atomic E-state index is 0.0109. The number of halogens is 1. The summed E-state index contributed by atoms with van der Waals surface area (Å²) >= 11 is 5.95. The van der Waals surface area contributed by atoms with E-state index in [9.17, 15) is 9.59 Å². The zero-order valence-corrected chi connectivity index (χ0v) is 12.8. The van der Waals surface area contributed by atoms with Gasteiger partial charge in [-0.2, -0.15) is 0 Å². The molecule has 0 radical (unpaired) electrons. The first-order valence-electron chi connectivity index (χ1n) is 6.69. The van der Waals surface area contributed by atoms with Crippen LogP contribution in [0.2, 0.25) is 5.02 Å². The third kappa shape index (κ3) is 2.68. The second-order valence-electron chi connectivity index (χ2n) is 4.89. The number of nitrogens with one attached hydrogen (secondary N) is 1. The third-order valence-electron chi connectivity index (χ3n) is 3.48. The maximum atomic E-state index is 12.7. The van der Waals surface area contributed by atoms with E-state index in [2.05, 4.69) is 4.98 Å². The fourth-order valence-electron chi connectivity index (χ4n) is 2.49. The maximum Gasteiger partial charge on any atom is 0.307 e. The van der Waals surface area contributed by atoms with Crippen LogP contribution in [0.4, 0.5) is 0 Å². The van der Waals surface area contributed by atoms with Crippen LogP contribution in [0.25, 0.3) is 10.9 Å². The zero-order valence-electron chi connectivity index (χ0n) is 12.1. The van der Waals surface area contributed by atoms with Gasteiger partial charge in [0.25, 0.3) is 0 Å². The number of carbonyl (C=O) groups is 2. The monoisotopic (exact) mass is 333 g/mol. The molecule has 0 amide bonds. The van der Waals surface area contributed by atoms with Crippen molar-refractivity contribution in [2.24, 2.45) is 0 Å². The first-order chi connectivity index (χ1) is 11.0. The minimum atomic E-state index is -1.04. The van der Waals surface area contributed by atoms with Gasteiger partial charge in [-0.05, 0) is 12.1 Å². The molecule has 2 aromatic heterocycles. The van der Waals surface area contributed by atoms with E-state index < -0.39 is 11.8 Å². The molecule has 0 bridgehead atoms. The normalized spacial score (nSPS) is 10.9. The molecule has 118 valence electrons. The molecule has 0 saturated carbocycles. The number of ketones is 1. The van der Waals surface area contributed by atoms with Gasteiger partial charge in [0.15, 0.2) is 5.75 Å². The molecule has 0 saturated heterocycles. The van der Waals surface area contributed by atoms with E-state index in [-0.39, 0.29) is 23.6 Å². The standard InChI is InChI=1S/C16H12ClNO5/c1-22-12-4-5-23-16(12)15(21)14-10(7-13(19)20)9-3-2-8(17)6-11(9)18-14/h2-6,18H,7H2,1H3,(H,19,20). The molecule has 7 heteroatoms. The molecule has 0 fully saturated rings. The molecule has 3 aromatic rings. The number of carbonyl (C=O) groups excluding carboxylic acids is 1. The van der Waals surface area contributed by atoms with Crippen LogP contribution in [0.15, 0.2) is 34.9 Å². The summed E-state index contributed by atoms with van der Waals surface area (Å²) in [5.74, 6) is -1.22. The molecule has 1 aromatic carbocycles. The molecule has 23 heavy (non-hydrogen) atoms. The molecule has 2 N–H and O–H groups in total. The average molecular weight is 334 g/mol. The number of aromatic nitrogens is 1. The lowest BCUT2D eigenvalue weighted by Gasteiger charge is -2.02. The maximum absolute atomic E-state index is 12.7. The average Bonchev–Trinajstić information content (AvgIpc) is 3.10. The van der Waals surface area contributed by atoms with Crippen molar-refractivity contribution in [3.63, 3.8) is 0 Å². The number of furan rings is 1. The van der Waals surface area contributed by atoms with Gasteiger partial charge in [-0.3, -0.25) is 9.59 Å². The summed E-state index contributed by atoms with van der Waals surface area (Å²) in [6.45, 7) is 0. The van der Waals surface area contributed by atoms with Crippen molar-refractivity contribution >= 4 is 34.3 Å². The number of benzene rings is 1. The molecular formula is C16H12ClNO5. The van der Waals surface area contributed by atoms with Gasteiger partial charge in [-0.1, -0.05) is 17.7 Å². The van der Waals surface area contributed by atoms with E-state index in [4.69, 9.17) is 25.9 Å². The van der Waals surface area contributed by atoms with E-state index in [0.717, 1.165) is 0 Å². The van der Waals surface area contributed by atoms with E-state index >= 15 is 0 Å². The lowest BCUT2D eigenvalue weighted by molar-refractivity contribution is -0.136. The first kappa shape index (κ1) is 15.2. The Morgan fingerprint density at radius 2 is 2.13 bits per heavy atom. The predicted octanol–water partition coefficient (Wildman–Crippen LogP) is 3.28. The Labute approximate surface area is 135 Å². The molecule has 3 rings (SSSR count). The number of rotatable bonds is 5. The smallest absolute Gasteiger partial charge is 0.307 e. The Balaban J connectivity index is 2.19. The fraction of sp³-hybridized carbons (Fsp3) is 0.125. The molecule has 0 aliphatic carbocycles. The van der Waals surface area contributed by atoms with Gasteiger partial charge in [0.1, 0.15) is 0 Å². The van der Waals surface area contributed by atoms with Crippen molar-refractivity contribution in [3.8, 4) is 5.75 Å². The lowest BCUT2D eigenvalue weighted by atomic mass is 10.0. The van der Waals surface area contributed by atoms with Crippen LogP contribution in [0.5, 0.6) is 5.75 Å². The van der Waals surface area contributed by atoms with E-state index in [1.165, 1.54) is 19.4 Å². The number of methoxy groups -OCH3 is 1. The summed E-state index contributed by atoms with van der Waals surface area (Å²) in [5.41, 5.74) is 1.12. The van der Waals surface area contributed by atoms with Crippen LogP contribution in [0.1, 0.15) is 21.8 Å².